The highest BCUT2D eigenvalue weighted by molar-refractivity contribution is 7.17. The third kappa shape index (κ3) is 3.85. The van der Waals surface area contributed by atoms with Crippen LogP contribution in [0.25, 0.3) is 10.4 Å². The van der Waals surface area contributed by atoms with E-state index in [1.54, 1.807) is 36.4 Å². The molecule has 1 aromatic heterocycles. The molecule has 2 aromatic carbocycles. The molecule has 1 heterocycles. The van der Waals surface area contributed by atoms with E-state index >= 15 is 0 Å². The fourth-order valence-corrected chi connectivity index (χ4v) is 2.96. The maximum absolute atomic E-state index is 12.9. The van der Waals surface area contributed by atoms with E-state index in [0.29, 0.717) is 10.4 Å². The minimum absolute atomic E-state index is 0.132. The summed E-state index contributed by atoms with van der Waals surface area (Å²) in [5, 5.41) is 13.2. The van der Waals surface area contributed by atoms with E-state index in [1.165, 1.54) is 35.8 Å². The van der Waals surface area contributed by atoms with Crippen molar-refractivity contribution in [2.24, 2.45) is 5.10 Å². The number of amides is 1. The molecule has 120 valence electrons. The summed E-state index contributed by atoms with van der Waals surface area (Å²) in [4.78, 5) is 13.5. The van der Waals surface area contributed by atoms with Crippen molar-refractivity contribution in [1.29, 1.82) is 0 Å². The smallest absolute Gasteiger partial charge is 0.281 e. The standard InChI is InChI=1S/C18H13FN2O2S/c19-14-6-4-13(5-7-14)16-8-9-17(24-16)18(23)21-20-11-12-2-1-3-15(22)10-12/h1-11,22H,(H,21,23)/b20-11-. The lowest BCUT2D eigenvalue weighted by atomic mass is 10.2. The van der Waals surface area contributed by atoms with E-state index in [4.69, 9.17) is 0 Å². The van der Waals surface area contributed by atoms with Gasteiger partial charge in [0.05, 0.1) is 11.1 Å². The monoisotopic (exact) mass is 340 g/mol. The molecule has 0 saturated carbocycles. The number of halogens is 1. The van der Waals surface area contributed by atoms with E-state index in [0.717, 1.165) is 10.4 Å². The Morgan fingerprint density at radius 1 is 1.12 bits per heavy atom. The molecule has 0 bridgehead atoms. The molecule has 0 fully saturated rings. The number of rotatable bonds is 4. The van der Waals surface area contributed by atoms with Crippen LogP contribution in [0.15, 0.2) is 65.8 Å². The molecule has 24 heavy (non-hydrogen) atoms. The van der Waals surface area contributed by atoms with Crippen LogP contribution in [0.4, 0.5) is 4.39 Å². The Morgan fingerprint density at radius 3 is 2.67 bits per heavy atom. The van der Waals surface area contributed by atoms with Gasteiger partial charge in [-0.1, -0.05) is 24.3 Å². The van der Waals surface area contributed by atoms with Crippen molar-refractivity contribution in [3.63, 3.8) is 0 Å². The maximum atomic E-state index is 12.9. The van der Waals surface area contributed by atoms with Crippen molar-refractivity contribution in [1.82, 2.24) is 5.43 Å². The predicted octanol–water partition coefficient (Wildman–Crippen LogP) is 4.02. The highest BCUT2D eigenvalue weighted by Crippen LogP contribution is 2.28. The Labute approximate surface area is 141 Å². The van der Waals surface area contributed by atoms with Crippen LogP contribution in [0.2, 0.25) is 0 Å². The summed E-state index contributed by atoms with van der Waals surface area (Å²) < 4.78 is 12.9. The average molecular weight is 340 g/mol. The fourth-order valence-electron chi connectivity index (χ4n) is 2.05. The summed E-state index contributed by atoms with van der Waals surface area (Å²) in [6.07, 6.45) is 1.45. The molecule has 0 aliphatic carbocycles. The molecule has 0 radical (unpaired) electrons. The number of hydrogen-bond donors (Lipinski definition) is 2. The topological polar surface area (TPSA) is 61.7 Å². The van der Waals surface area contributed by atoms with Gasteiger partial charge >= 0.3 is 0 Å². The quantitative estimate of drug-likeness (QED) is 0.556. The van der Waals surface area contributed by atoms with Crippen LogP contribution in [-0.4, -0.2) is 17.2 Å². The number of carbonyl (C=O) groups excluding carboxylic acids is 1. The number of thiophene rings is 1. The van der Waals surface area contributed by atoms with Gasteiger partial charge in [0.2, 0.25) is 0 Å². The number of hydrogen-bond acceptors (Lipinski definition) is 4. The molecule has 3 aromatic rings. The molecule has 2 N–H and O–H groups in total. The van der Waals surface area contributed by atoms with Crippen LogP contribution in [0.1, 0.15) is 15.2 Å². The molecule has 0 aliphatic heterocycles. The zero-order valence-corrected chi connectivity index (χ0v) is 13.3. The van der Waals surface area contributed by atoms with Crippen molar-refractivity contribution in [2.75, 3.05) is 0 Å². The van der Waals surface area contributed by atoms with Crippen LogP contribution < -0.4 is 5.43 Å². The molecular weight excluding hydrogens is 327 g/mol. The van der Waals surface area contributed by atoms with Gasteiger partial charge in [0.1, 0.15) is 11.6 Å². The number of nitrogens with zero attached hydrogens (tertiary/aromatic N) is 1. The Bertz CT molecular complexity index is 888. The number of hydrazone groups is 1. The van der Waals surface area contributed by atoms with E-state index in [1.807, 2.05) is 6.07 Å². The van der Waals surface area contributed by atoms with Crippen molar-refractivity contribution in [2.45, 2.75) is 0 Å². The van der Waals surface area contributed by atoms with E-state index in [9.17, 15) is 14.3 Å². The second-order valence-corrected chi connectivity index (χ2v) is 6.05. The fraction of sp³-hybridized carbons (Fsp3) is 0. The number of nitrogens with one attached hydrogen (secondary N) is 1. The molecule has 6 heteroatoms. The minimum Gasteiger partial charge on any atom is -0.508 e. The predicted molar refractivity (Wildman–Crippen MR) is 92.9 cm³/mol. The third-order valence-electron chi connectivity index (χ3n) is 3.21. The van der Waals surface area contributed by atoms with Gasteiger partial charge < -0.3 is 5.11 Å². The number of phenols is 1. The van der Waals surface area contributed by atoms with Gasteiger partial charge in [-0.15, -0.1) is 11.3 Å². The molecule has 0 saturated heterocycles. The van der Waals surface area contributed by atoms with Gasteiger partial charge in [0, 0.05) is 4.88 Å². The second kappa shape index (κ2) is 7.06. The minimum atomic E-state index is -0.329. The zero-order chi connectivity index (χ0) is 16.9. The first-order chi connectivity index (χ1) is 11.6. The first-order valence-corrected chi connectivity index (χ1v) is 7.92. The Hall–Kier alpha value is -2.99. The summed E-state index contributed by atoms with van der Waals surface area (Å²) in [6, 6.07) is 16.1. The van der Waals surface area contributed by atoms with Crippen LogP contribution in [0, 0.1) is 5.82 Å². The van der Waals surface area contributed by atoms with Crippen LogP contribution in [0.3, 0.4) is 0 Å². The van der Waals surface area contributed by atoms with Crippen molar-refractivity contribution in [3.05, 3.63) is 76.9 Å². The molecule has 4 nitrogen and oxygen atoms in total. The van der Waals surface area contributed by atoms with Gasteiger partial charge in [-0.05, 0) is 47.5 Å². The van der Waals surface area contributed by atoms with Crippen molar-refractivity contribution < 1.29 is 14.3 Å². The van der Waals surface area contributed by atoms with Crippen LogP contribution in [-0.2, 0) is 0 Å². The molecule has 3 rings (SSSR count). The first kappa shape index (κ1) is 15.9. The molecule has 0 unspecified atom stereocenters. The summed E-state index contributed by atoms with van der Waals surface area (Å²) in [6.45, 7) is 0. The number of phenolic OH excluding ortho intramolecular Hbond substituents is 1. The summed E-state index contributed by atoms with van der Waals surface area (Å²) >= 11 is 1.30. The lowest BCUT2D eigenvalue weighted by Gasteiger charge is -1.98. The summed E-state index contributed by atoms with van der Waals surface area (Å²) in [7, 11) is 0. The van der Waals surface area contributed by atoms with Crippen molar-refractivity contribution in [3.8, 4) is 16.2 Å². The highest BCUT2D eigenvalue weighted by Gasteiger charge is 2.09. The SMILES string of the molecule is O=C(N/N=C\c1cccc(O)c1)c1ccc(-c2ccc(F)cc2)s1. The zero-order valence-electron chi connectivity index (χ0n) is 12.4. The van der Waals surface area contributed by atoms with E-state index in [2.05, 4.69) is 10.5 Å². The first-order valence-electron chi connectivity index (χ1n) is 7.10. The van der Waals surface area contributed by atoms with Gasteiger partial charge in [0.15, 0.2) is 0 Å². The number of carbonyl (C=O) groups is 1. The van der Waals surface area contributed by atoms with Gasteiger partial charge in [-0.2, -0.15) is 5.10 Å². The van der Waals surface area contributed by atoms with Gasteiger partial charge in [-0.3, -0.25) is 4.79 Å². The Kier molecular flexibility index (Phi) is 4.67. The number of aromatic hydroxyl groups is 1. The van der Waals surface area contributed by atoms with Crippen LogP contribution >= 0.6 is 11.3 Å². The lowest BCUT2D eigenvalue weighted by molar-refractivity contribution is 0.0959. The Balaban J connectivity index is 1.66. The van der Waals surface area contributed by atoms with Crippen molar-refractivity contribution >= 4 is 23.5 Å². The molecule has 0 atom stereocenters. The highest BCUT2D eigenvalue weighted by atomic mass is 32.1. The maximum Gasteiger partial charge on any atom is 0.281 e. The third-order valence-corrected chi connectivity index (χ3v) is 4.34. The summed E-state index contributed by atoms with van der Waals surface area (Å²) in [5.41, 5.74) is 3.97. The molecule has 0 aliphatic rings. The molecule has 0 spiro atoms. The van der Waals surface area contributed by atoms with E-state index in [-0.39, 0.29) is 17.5 Å². The van der Waals surface area contributed by atoms with E-state index < -0.39 is 0 Å². The van der Waals surface area contributed by atoms with Gasteiger partial charge in [0.25, 0.3) is 5.91 Å². The largest absolute Gasteiger partial charge is 0.508 e. The van der Waals surface area contributed by atoms with Gasteiger partial charge in [-0.25, -0.2) is 9.82 Å². The molecular formula is C18H13FN2O2S. The Morgan fingerprint density at radius 2 is 1.92 bits per heavy atom. The lowest BCUT2D eigenvalue weighted by Crippen LogP contribution is -2.16. The normalized spacial score (nSPS) is 10.9. The molecule has 1 amide bonds. The second-order valence-electron chi connectivity index (χ2n) is 4.96. The average Bonchev–Trinajstić information content (AvgIpc) is 3.05. The van der Waals surface area contributed by atoms with Crippen LogP contribution in [0.5, 0.6) is 5.75 Å². The number of benzene rings is 2. The summed E-state index contributed by atoms with van der Waals surface area (Å²) in [5.74, 6) is -0.494.